The molecule has 1 unspecified atom stereocenters. The zero-order valence-corrected chi connectivity index (χ0v) is 15.5. The van der Waals surface area contributed by atoms with Crippen LogP contribution in [0.5, 0.6) is 0 Å². The van der Waals surface area contributed by atoms with Crippen molar-refractivity contribution in [3.8, 4) is 11.8 Å². The summed E-state index contributed by atoms with van der Waals surface area (Å²) in [6, 6.07) is 21.1. The van der Waals surface area contributed by atoms with Crippen LogP contribution in [0.1, 0.15) is 63.0 Å². The van der Waals surface area contributed by atoms with E-state index in [1.165, 1.54) is 44.1 Å². The lowest BCUT2D eigenvalue weighted by atomic mass is 10.0. The Hall–Kier alpha value is -2.04. The van der Waals surface area contributed by atoms with Gasteiger partial charge in [-0.15, -0.1) is 0 Å². The molecule has 25 heavy (non-hydrogen) atoms. The van der Waals surface area contributed by atoms with E-state index in [1.807, 2.05) is 18.2 Å². The third-order valence-electron chi connectivity index (χ3n) is 4.41. The number of benzene rings is 2. The van der Waals surface area contributed by atoms with Crippen LogP contribution in [0.3, 0.4) is 0 Å². The van der Waals surface area contributed by atoms with Crippen molar-refractivity contribution >= 4 is 0 Å². The molecule has 2 aromatic rings. The predicted molar refractivity (Wildman–Crippen MR) is 108 cm³/mol. The lowest BCUT2D eigenvalue weighted by Crippen LogP contribution is -2.27. The fourth-order valence-electron chi connectivity index (χ4n) is 2.88. The van der Waals surface area contributed by atoms with Crippen molar-refractivity contribution in [3.63, 3.8) is 0 Å². The summed E-state index contributed by atoms with van der Waals surface area (Å²) in [5, 5.41) is 3.63. The number of hydrogen-bond donors (Lipinski definition) is 1. The van der Waals surface area contributed by atoms with Crippen molar-refractivity contribution in [2.45, 2.75) is 64.5 Å². The summed E-state index contributed by atoms with van der Waals surface area (Å²) in [5.74, 6) is 6.78. The highest BCUT2D eigenvalue weighted by molar-refractivity contribution is 5.34. The van der Waals surface area contributed by atoms with Crippen LogP contribution < -0.4 is 5.32 Å². The third kappa shape index (κ3) is 8.57. The van der Waals surface area contributed by atoms with E-state index in [1.54, 1.807) is 0 Å². The van der Waals surface area contributed by atoms with Crippen molar-refractivity contribution in [1.29, 1.82) is 0 Å². The summed E-state index contributed by atoms with van der Waals surface area (Å²) in [4.78, 5) is 0. The van der Waals surface area contributed by atoms with Crippen LogP contribution in [-0.4, -0.2) is 6.04 Å². The van der Waals surface area contributed by atoms with Gasteiger partial charge in [0.1, 0.15) is 0 Å². The summed E-state index contributed by atoms with van der Waals surface area (Å²) in [5.41, 5.74) is 2.41. The van der Waals surface area contributed by atoms with Crippen molar-refractivity contribution < 1.29 is 0 Å². The Morgan fingerprint density at radius 2 is 1.44 bits per heavy atom. The topological polar surface area (TPSA) is 12.0 Å². The lowest BCUT2D eigenvalue weighted by Gasteiger charge is -2.13. The highest BCUT2D eigenvalue weighted by atomic mass is 14.9. The van der Waals surface area contributed by atoms with Gasteiger partial charge in [0, 0.05) is 12.1 Å². The first-order chi connectivity index (χ1) is 12.4. The number of nitrogens with one attached hydrogen (secondary N) is 1. The minimum Gasteiger partial charge on any atom is -0.300 e. The average Bonchev–Trinajstić information content (AvgIpc) is 2.67. The molecule has 0 aromatic heterocycles. The highest BCUT2D eigenvalue weighted by Crippen LogP contribution is 2.09. The van der Waals surface area contributed by atoms with E-state index >= 15 is 0 Å². The summed E-state index contributed by atoms with van der Waals surface area (Å²) in [6.45, 7) is 3.15. The standard InChI is InChI=1S/C24H31N/c1-2-3-4-5-6-13-18-24(20-19-22-14-9-7-10-15-22)25-21-23-16-11-8-12-17-23/h7-12,14-17,24-25H,2-6,13,18,21H2,1H3. The molecule has 0 aliphatic carbocycles. The predicted octanol–water partition coefficient (Wildman–Crippen LogP) is 5.95. The number of rotatable bonds is 10. The van der Waals surface area contributed by atoms with Crippen LogP contribution in [0.25, 0.3) is 0 Å². The van der Waals surface area contributed by atoms with Crippen LogP contribution in [-0.2, 0) is 6.54 Å². The van der Waals surface area contributed by atoms with Crippen molar-refractivity contribution in [1.82, 2.24) is 5.32 Å². The van der Waals surface area contributed by atoms with Gasteiger partial charge in [0.2, 0.25) is 0 Å². The zero-order valence-electron chi connectivity index (χ0n) is 15.5. The fraction of sp³-hybridized carbons (Fsp3) is 0.417. The second-order valence-corrected chi connectivity index (χ2v) is 6.61. The van der Waals surface area contributed by atoms with Crippen LogP contribution >= 0.6 is 0 Å². The summed E-state index contributed by atoms with van der Waals surface area (Å²) in [6.07, 6.45) is 9.09. The molecule has 2 rings (SSSR count). The summed E-state index contributed by atoms with van der Waals surface area (Å²) >= 11 is 0. The maximum Gasteiger partial charge on any atom is 0.0695 e. The van der Waals surface area contributed by atoms with E-state index in [0.29, 0.717) is 0 Å². The molecule has 0 saturated carbocycles. The Bertz CT molecular complexity index is 621. The van der Waals surface area contributed by atoms with Gasteiger partial charge >= 0.3 is 0 Å². The maximum absolute atomic E-state index is 3.63. The van der Waals surface area contributed by atoms with E-state index in [0.717, 1.165) is 18.5 Å². The minimum absolute atomic E-state index is 0.256. The highest BCUT2D eigenvalue weighted by Gasteiger charge is 2.04. The van der Waals surface area contributed by atoms with E-state index in [4.69, 9.17) is 0 Å². The van der Waals surface area contributed by atoms with Crippen molar-refractivity contribution in [2.24, 2.45) is 0 Å². The molecule has 132 valence electrons. The van der Waals surface area contributed by atoms with Gasteiger partial charge in [0.05, 0.1) is 6.04 Å². The quantitative estimate of drug-likeness (QED) is 0.418. The Kier molecular flexibility index (Phi) is 9.52. The summed E-state index contributed by atoms with van der Waals surface area (Å²) in [7, 11) is 0. The van der Waals surface area contributed by atoms with Gasteiger partial charge < -0.3 is 0 Å². The molecule has 0 spiro atoms. The molecule has 0 aliphatic rings. The Balaban J connectivity index is 1.85. The smallest absolute Gasteiger partial charge is 0.0695 e. The van der Waals surface area contributed by atoms with Gasteiger partial charge in [-0.2, -0.15) is 0 Å². The molecule has 1 atom stereocenters. The molecule has 2 aromatic carbocycles. The van der Waals surface area contributed by atoms with Crippen LogP contribution in [0.4, 0.5) is 0 Å². The fourth-order valence-corrected chi connectivity index (χ4v) is 2.88. The SMILES string of the molecule is CCCCCCCCC(C#Cc1ccccc1)NCc1ccccc1. The molecule has 0 bridgehead atoms. The molecule has 0 heterocycles. The van der Waals surface area contributed by atoms with Gasteiger partial charge in [-0.05, 0) is 24.1 Å². The van der Waals surface area contributed by atoms with Gasteiger partial charge in [-0.1, -0.05) is 106 Å². The lowest BCUT2D eigenvalue weighted by molar-refractivity contribution is 0.517. The molecule has 1 N–H and O–H groups in total. The first-order valence-corrected chi connectivity index (χ1v) is 9.72. The normalized spacial score (nSPS) is 11.6. The van der Waals surface area contributed by atoms with Gasteiger partial charge in [0.25, 0.3) is 0 Å². The second kappa shape index (κ2) is 12.3. The van der Waals surface area contributed by atoms with Crippen LogP contribution in [0.15, 0.2) is 60.7 Å². The zero-order chi connectivity index (χ0) is 17.6. The molecular formula is C24H31N. The molecular weight excluding hydrogens is 302 g/mol. The van der Waals surface area contributed by atoms with E-state index < -0.39 is 0 Å². The van der Waals surface area contributed by atoms with Crippen molar-refractivity contribution in [3.05, 3.63) is 71.8 Å². The van der Waals surface area contributed by atoms with Crippen LogP contribution in [0, 0.1) is 11.8 Å². The molecule has 0 aliphatic heterocycles. The Morgan fingerprint density at radius 1 is 0.800 bits per heavy atom. The van der Waals surface area contributed by atoms with E-state index in [9.17, 15) is 0 Å². The molecule has 1 nitrogen and oxygen atoms in total. The Labute approximate surface area is 153 Å². The van der Waals surface area contributed by atoms with E-state index in [2.05, 4.69) is 66.5 Å². The van der Waals surface area contributed by atoms with Gasteiger partial charge in [-0.25, -0.2) is 0 Å². The minimum atomic E-state index is 0.256. The largest absolute Gasteiger partial charge is 0.300 e. The van der Waals surface area contributed by atoms with Crippen molar-refractivity contribution in [2.75, 3.05) is 0 Å². The average molecular weight is 334 g/mol. The molecule has 0 amide bonds. The molecule has 1 heteroatoms. The Morgan fingerprint density at radius 3 is 2.16 bits per heavy atom. The number of unbranched alkanes of at least 4 members (excludes halogenated alkanes) is 5. The third-order valence-corrected chi connectivity index (χ3v) is 4.41. The second-order valence-electron chi connectivity index (χ2n) is 6.61. The maximum atomic E-state index is 3.63. The molecule has 0 radical (unpaired) electrons. The van der Waals surface area contributed by atoms with Crippen LogP contribution in [0.2, 0.25) is 0 Å². The molecule has 0 fully saturated rings. The molecule has 0 saturated heterocycles. The first-order valence-electron chi connectivity index (χ1n) is 9.72. The van der Waals surface area contributed by atoms with Gasteiger partial charge in [0.15, 0.2) is 0 Å². The first kappa shape index (κ1) is 19.3. The van der Waals surface area contributed by atoms with Gasteiger partial charge in [-0.3, -0.25) is 5.32 Å². The van der Waals surface area contributed by atoms with E-state index in [-0.39, 0.29) is 6.04 Å². The summed E-state index contributed by atoms with van der Waals surface area (Å²) < 4.78 is 0. The number of hydrogen-bond acceptors (Lipinski definition) is 1. The monoisotopic (exact) mass is 333 g/mol.